The first-order valence-electron chi connectivity index (χ1n) is 9.79. The van der Waals surface area contributed by atoms with Crippen LogP contribution in [-0.4, -0.2) is 33.0 Å². The molecule has 0 aliphatic heterocycles. The van der Waals surface area contributed by atoms with E-state index in [-0.39, 0.29) is 5.97 Å². The van der Waals surface area contributed by atoms with Gasteiger partial charge in [0.15, 0.2) is 0 Å². The molecule has 0 bridgehead atoms. The number of hydrogen-bond donors (Lipinski definition) is 0. The molecule has 5 aromatic rings. The molecule has 0 N–H and O–H groups in total. The van der Waals surface area contributed by atoms with Crippen LogP contribution in [0.2, 0.25) is 0 Å². The molecule has 6 nitrogen and oxygen atoms in total. The van der Waals surface area contributed by atoms with E-state index < -0.39 is 0 Å². The van der Waals surface area contributed by atoms with Crippen LogP contribution >= 0.6 is 15.9 Å². The van der Waals surface area contributed by atoms with E-state index in [0.29, 0.717) is 5.56 Å². The van der Waals surface area contributed by atoms with E-state index in [0.717, 1.165) is 43.0 Å². The summed E-state index contributed by atoms with van der Waals surface area (Å²) in [5.74, 6) is -0.333. The number of aromatic nitrogens is 4. The molecule has 0 fully saturated rings. The van der Waals surface area contributed by atoms with Crippen molar-refractivity contribution in [3.63, 3.8) is 0 Å². The fourth-order valence-electron chi connectivity index (χ4n) is 3.29. The Labute approximate surface area is 193 Å². The Morgan fingerprint density at radius 2 is 1.50 bits per heavy atom. The molecule has 0 unspecified atom stereocenters. The van der Waals surface area contributed by atoms with Gasteiger partial charge in [-0.2, -0.15) is 0 Å². The van der Waals surface area contributed by atoms with Crippen LogP contribution in [0.25, 0.3) is 32.9 Å². The fraction of sp³-hybridized carbons (Fsp3) is 0.0800. The lowest BCUT2D eigenvalue weighted by Crippen LogP contribution is -2.01. The molecule has 0 amide bonds. The minimum atomic E-state index is -0.333. The maximum absolute atomic E-state index is 11.7. The van der Waals surface area contributed by atoms with Gasteiger partial charge in [-0.1, -0.05) is 28.1 Å². The average Bonchev–Trinajstić information content (AvgIpc) is 2.84. The van der Waals surface area contributed by atoms with Gasteiger partial charge >= 0.3 is 5.97 Å². The first-order valence-corrected chi connectivity index (χ1v) is 10.6. The second-order valence-corrected chi connectivity index (χ2v) is 7.96. The van der Waals surface area contributed by atoms with E-state index in [2.05, 4.69) is 35.9 Å². The minimum absolute atomic E-state index is 0.333. The third-order valence-electron chi connectivity index (χ3n) is 4.94. The number of rotatable bonds is 2. The molecule has 7 heteroatoms. The van der Waals surface area contributed by atoms with Crippen LogP contribution in [0.3, 0.4) is 0 Å². The Balaban J connectivity index is 0.000000186. The van der Waals surface area contributed by atoms with Crippen molar-refractivity contribution in [3.05, 3.63) is 95.2 Å². The number of carbonyl (C=O) groups is 1. The molecule has 0 spiro atoms. The van der Waals surface area contributed by atoms with Crippen LogP contribution in [0.1, 0.15) is 15.9 Å². The molecule has 32 heavy (non-hydrogen) atoms. The SMILES string of the molecule is Brc1ccc2ncncc2c1.COC(=O)c1ccc(C)c(-c2ccc3ncncc3c2)c1. The van der Waals surface area contributed by atoms with E-state index in [1.54, 1.807) is 24.8 Å². The molecular weight excluding hydrogens is 468 g/mol. The fourth-order valence-corrected chi connectivity index (χ4v) is 3.66. The summed E-state index contributed by atoms with van der Waals surface area (Å²) in [6, 6.07) is 17.5. The number of carbonyl (C=O) groups excluding carboxylic acids is 1. The van der Waals surface area contributed by atoms with Crippen LogP contribution in [0.5, 0.6) is 0 Å². The molecule has 0 aliphatic rings. The lowest BCUT2D eigenvalue weighted by Gasteiger charge is -2.09. The molecule has 2 aromatic heterocycles. The summed E-state index contributed by atoms with van der Waals surface area (Å²) in [5, 5.41) is 2.03. The van der Waals surface area contributed by atoms with Crippen LogP contribution in [0.4, 0.5) is 0 Å². The Hall–Kier alpha value is -3.71. The van der Waals surface area contributed by atoms with E-state index in [1.165, 1.54) is 13.4 Å². The zero-order valence-electron chi connectivity index (χ0n) is 17.5. The van der Waals surface area contributed by atoms with Gasteiger partial charge in [-0.15, -0.1) is 0 Å². The van der Waals surface area contributed by atoms with E-state index >= 15 is 0 Å². The van der Waals surface area contributed by atoms with Gasteiger partial charge < -0.3 is 4.74 Å². The van der Waals surface area contributed by atoms with Crippen LogP contribution in [0, 0.1) is 6.92 Å². The molecule has 0 atom stereocenters. The monoisotopic (exact) mass is 486 g/mol. The Morgan fingerprint density at radius 3 is 2.19 bits per heavy atom. The summed E-state index contributed by atoms with van der Waals surface area (Å²) < 4.78 is 5.83. The quantitative estimate of drug-likeness (QED) is 0.294. The van der Waals surface area contributed by atoms with Crippen LogP contribution in [-0.2, 0) is 4.74 Å². The van der Waals surface area contributed by atoms with Gasteiger partial charge in [0.2, 0.25) is 0 Å². The minimum Gasteiger partial charge on any atom is -0.465 e. The number of hydrogen-bond acceptors (Lipinski definition) is 6. The predicted molar refractivity (Wildman–Crippen MR) is 128 cm³/mol. The maximum atomic E-state index is 11.7. The van der Waals surface area contributed by atoms with Crippen molar-refractivity contribution in [1.82, 2.24) is 19.9 Å². The van der Waals surface area contributed by atoms with Gasteiger partial charge in [0.05, 0.1) is 23.7 Å². The lowest BCUT2D eigenvalue weighted by atomic mass is 9.97. The van der Waals surface area contributed by atoms with E-state index in [4.69, 9.17) is 4.74 Å². The van der Waals surface area contributed by atoms with Crippen molar-refractivity contribution in [2.24, 2.45) is 0 Å². The van der Waals surface area contributed by atoms with Gasteiger partial charge in [0.25, 0.3) is 0 Å². The van der Waals surface area contributed by atoms with Crippen molar-refractivity contribution < 1.29 is 9.53 Å². The summed E-state index contributed by atoms with van der Waals surface area (Å²) in [4.78, 5) is 27.9. The summed E-state index contributed by atoms with van der Waals surface area (Å²) in [6.45, 7) is 2.02. The van der Waals surface area contributed by atoms with Gasteiger partial charge in [0.1, 0.15) is 12.7 Å². The van der Waals surface area contributed by atoms with Crippen molar-refractivity contribution in [1.29, 1.82) is 0 Å². The highest BCUT2D eigenvalue weighted by Gasteiger charge is 2.10. The highest BCUT2D eigenvalue weighted by Crippen LogP contribution is 2.27. The number of fused-ring (bicyclic) bond motifs is 2. The third kappa shape index (κ3) is 4.78. The summed E-state index contributed by atoms with van der Waals surface area (Å²) >= 11 is 3.38. The number of benzene rings is 3. The second-order valence-electron chi connectivity index (χ2n) is 7.04. The van der Waals surface area contributed by atoms with Gasteiger partial charge in [-0.05, 0) is 66.1 Å². The molecule has 0 saturated carbocycles. The van der Waals surface area contributed by atoms with E-state index in [9.17, 15) is 4.79 Å². The topological polar surface area (TPSA) is 77.9 Å². The normalized spacial score (nSPS) is 10.5. The smallest absolute Gasteiger partial charge is 0.337 e. The number of halogens is 1. The maximum Gasteiger partial charge on any atom is 0.337 e. The summed E-state index contributed by atoms with van der Waals surface area (Å²) in [5.41, 5.74) is 5.55. The first-order chi connectivity index (χ1) is 15.5. The molecule has 158 valence electrons. The average molecular weight is 487 g/mol. The van der Waals surface area contributed by atoms with Crippen LogP contribution in [0.15, 0.2) is 84.1 Å². The Morgan fingerprint density at radius 1 is 0.844 bits per heavy atom. The number of ether oxygens (including phenoxy) is 1. The second kappa shape index (κ2) is 9.62. The number of aryl methyl sites for hydroxylation is 1. The van der Waals surface area contributed by atoms with Gasteiger partial charge in [0, 0.05) is 27.6 Å². The zero-order valence-corrected chi connectivity index (χ0v) is 19.1. The largest absolute Gasteiger partial charge is 0.465 e. The summed E-state index contributed by atoms with van der Waals surface area (Å²) in [7, 11) is 1.38. The van der Waals surface area contributed by atoms with Crippen molar-refractivity contribution in [3.8, 4) is 11.1 Å². The van der Waals surface area contributed by atoms with Gasteiger partial charge in [-0.3, -0.25) is 0 Å². The zero-order chi connectivity index (χ0) is 22.5. The number of nitrogens with zero attached hydrogens (tertiary/aromatic N) is 4. The number of methoxy groups -OCH3 is 1. The van der Waals surface area contributed by atoms with Crippen molar-refractivity contribution in [2.75, 3.05) is 7.11 Å². The predicted octanol–water partition coefficient (Wildman–Crippen LogP) is 5.78. The van der Waals surface area contributed by atoms with Crippen molar-refractivity contribution >= 4 is 43.7 Å². The third-order valence-corrected chi connectivity index (χ3v) is 5.43. The van der Waals surface area contributed by atoms with Gasteiger partial charge in [-0.25, -0.2) is 24.7 Å². The summed E-state index contributed by atoms with van der Waals surface area (Å²) in [6.07, 6.45) is 6.67. The highest BCUT2D eigenvalue weighted by molar-refractivity contribution is 9.10. The molecular formula is C25H19BrN4O2. The van der Waals surface area contributed by atoms with Crippen LogP contribution < -0.4 is 0 Å². The first kappa shape index (κ1) is 21.5. The number of esters is 1. The standard InChI is InChI=1S/C17H14N2O2.C8H5BrN2/c1-11-3-4-13(17(20)21-2)8-15(11)12-5-6-16-14(7-12)9-18-10-19-16;9-7-1-2-8-6(3-7)4-10-5-11-8/h3-10H,1-2H3;1-5H. The highest BCUT2D eigenvalue weighted by atomic mass is 79.9. The Bertz CT molecular complexity index is 1420. The molecule has 3 aromatic carbocycles. The van der Waals surface area contributed by atoms with Crippen molar-refractivity contribution in [2.45, 2.75) is 6.92 Å². The lowest BCUT2D eigenvalue weighted by molar-refractivity contribution is 0.0601. The van der Waals surface area contributed by atoms with E-state index in [1.807, 2.05) is 55.5 Å². The molecule has 0 aliphatic carbocycles. The molecule has 5 rings (SSSR count). The Kier molecular flexibility index (Phi) is 6.47. The molecule has 0 radical (unpaired) electrons. The molecule has 0 saturated heterocycles. The molecule has 2 heterocycles.